The lowest BCUT2D eigenvalue weighted by Gasteiger charge is -2.21. The van der Waals surface area contributed by atoms with E-state index in [0.29, 0.717) is 22.3 Å². The molecule has 0 radical (unpaired) electrons. The molecule has 22 heteroatoms. The Labute approximate surface area is 277 Å². The zero-order valence-electron chi connectivity index (χ0n) is 25.7. The molecule has 7 atom stereocenters. The molecule has 0 amide bonds. The third-order valence-corrected chi connectivity index (χ3v) is 12.9. The lowest BCUT2D eigenvalue weighted by Crippen LogP contribution is -2.26. The summed E-state index contributed by atoms with van der Waals surface area (Å²) in [5.41, 5.74) is 2.42. The van der Waals surface area contributed by atoms with E-state index in [4.69, 9.17) is 18.4 Å². The molecule has 1 fully saturated rings. The van der Waals surface area contributed by atoms with Gasteiger partial charge in [-0.3, -0.25) is 14.2 Å². The van der Waals surface area contributed by atoms with Crippen LogP contribution in [0.5, 0.6) is 11.5 Å². The van der Waals surface area contributed by atoms with E-state index in [1.165, 1.54) is 31.4 Å². The fourth-order valence-corrected chi connectivity index (χ4v) is 10.0. The number of aryl methyl sites for hydroxylation is 1. The van der Waals surface area contributed by atoms with Gasteiger partial charge in [-0.1, -0.05) is 6.07 Å². The minimum atomic E-state index is -6.06. The van der Waals surface area contributed by atoms with Crippen molar-refractivity contribution in [1.82, 2.24) is 0 Å². The SMILES string of the molecule is COc1ccc(-c2c3ccc(=O)cc-3oc3cc(OP(=O)(O)OP(=O)(O)OP(=O)(O)OP(=O)(O)OC[C@H]4O[C@@H](C)CC4O)ccc23)c(C)c1. The third-order valence-electron chi connectivity index (χ3n) is 7.02. The highest BCUT2D eigenvalue weighted by Gasteiger charge is 2.47. The van der Waals surface area contributed by atoms with E-state index in [9.17, 15) is 47.7 Å². The van der Waals surface area contributed by atoms with Crippen molar-refractivity contribution >= 4 is 42.3 Å². The van der Waals surface area contributed by atoms with Gasteiger partial charge in [0.25, 0.3) is 0 Å². The van der Waals surface area contributed by atoms with Crippen molar-refractivity contribution in [3.8, 4) is 33.9 Å². The van der Waals surface area contributed by atoms with Gasteiger partial charge in [-0.15, -0.1) is 0 Å². The van der Waals surface area contributed by atoms with Crippen LogP contribution in [0, 0.1) is 6.92 Å². The predicted octanol–water partition coefficient (Wildman–Crippen LogP) is 5.27. The van der Waals surface area contributed by atoms with Gasteiger partial charge in [0.05, 0.1) is 25.9 Å². The Kier molecular flexibility index (Phi) is 10.8. The standard InChI is InChI=1S/C27H30O18P4/c1-15-10-18(38-3)5-8-20(15)27-21-7-4-17(28)12-24(21)41-25-13-19(6-9-22(25)27)42-47(32,33)44-49(36,37)45-48(34,35)43-46(30,31)39-14-26-23(29)11-16(2)40-26/h4-10,12-13,16,23,26,29H,11,14H2,1-3H3,(H,30,31)(H,32,33)(H,34,35)(H,36,37)/t16-,23?,26+/m0/s1. The highest BCUT2D eigenvalue weighted by molar-refractivity contribution is 7.69. The summed E-state index contributed by atoms with van der Waals surface area (Å²) in [5.74, 6) is 0.299. The van der Waals surface area contributed by atoms with E-state index in [1.54, 1.807) is 31.2 Å². The van der Waals surface area contributed by atoms with Crippen LogP contribution >= 0.6 is 31.3 Å². The van der Waals surface area contributed by atoms with Crippen molar-refractivity contribution in [3.63, 3.8) is 0 Å². The van der Waals surface area contributed by atoms with Crippen LogP contribution in [-0.2, 0) is 40.5 Å². The van der Waals surface area contributed by atoms with Crippen molar-refractivity contribution in [2.45, 2.75) is 38.6 Å². The van der Waals surface area contributed by atoms with Crippen molar-refractivity contribution in [2.75, 3.05) is 13.7 Å². The maximum Gasteiger partial charge on any atom is 0.536 e. The van der Waals surface area contributed by atoms with Crippen LogP contribution < -0.4 is 14.7 Å². The monoisotopic (exact) mass is 766 g/mol. The van der Waals surface area contributed by atoms with Gasteiger partial charge in [0.1, 0.15) is 28.9 Å². The topological polar surface area (TPSA) is 264 Å². The van der Waals surface area contributed by atoms with E-state index >= 15 is 0 Å². The molecule has 1 saturated heterocycles. The van der Waals surface area contributed by atoms with Crippen LogP contribution in [0.1, 0.15) is 18.9 Å². The highest BCUT2D eigenvalue weighted by atomic mass is 31.3. The number of benzene rings is 3. The van der Waals surface area contributed by atoms with Gasteiger partial charge in [0, 0.05) is 35.1 Å². The van der Waals surface area contributed by atoms with Gasteiger partial charge in [-0.05, 0) is 61.4 Å². The number of fused-ring (bicyclic) bond motifs is 2. The van der Waals surface area contributed by atoms with Crippen molar-refractivity contribution in [3.05, 3.63) is 70.4 Å². The van der Waals surface area contributed by atoms with Crippen LogP contribution in [0.3, 0.4) is 0 Å². The molecule has 0 bridgehead atoms. The summed E-state index contributed by atoms with van der Waals surface area (Å²) in [6, 6.07) is 13.3. The average Bonchev–Trinajstić information content (AvgIpc) is 3.29. The highest BCUT2D eigenvalue weighted by Crippen LogP contribution is 2.71. The summed E-state index contributed by atoms with van der Waals surface area (Å²) in [4.78, 5) is 51.9. The molecule has 3 aliphatic rings. The van der Waals surface area contributed by atoms with Crippen LogP contribution in [0.4, 0.5) is 0 Å². The van der Waals surface area contributed by atoms with E-state index in [1.807, 2.05) is 6.92 Å². The maximum atomic E-state index is 12.7. The Bertz CT molecular complexity index is 2100. The lowest BCUT2D eigenvalue weighted by atomic mass is 9.91. The quantitative estimate of drug-likeness (QED) is 0.0857. The predicted molar refractivity (Wildman–Crippen MR) is 170 cm³/mol. The Morgan fingerprint density at radius 1 is 0.816 bits per heavy atom. The first-order valence-corrected chi connectivity index (χ1v) is 20.0. The van der Waals surface area contributed by atoms with E-state index < -0.39 is 62.0 Å². The van der Waals surface area contributed by atoms with E-state index in [2.05, 4.69) is 17.5 Å². The molecule has 0 spiro atoms. The number of hydrogen-bond donors (Lipinski definition) is 5. The lowest BCUT2D eigenvalue weighted by molar-refractivity contribution is -0.0167. The number of hydrogen-bond acceptors (Lipinski definition) is 14. The normalized spacial score (nSPS) is 23.0. The van der Waals surface area contributed by atoms with Gasteiger partial charge >= 0.3 is 31.3 Å². The molecule has 2 heterocycles. The fourth-order valence-electron chi connectivity index (χ4n) is 5.09. The number of aliphatic hydroxyl groups excluding tert-OH is 1. The van der Waals surface area contributed by atoms with E-state index in [-0.39, 0.29) is 23.2 Å². The minimum absolute atomic E-state index is 0.0428. The van der Waals surface area contributed by atoms with Gasteiger partial charge in [-0.25, -0.2) is 18.3 Å². The molecule has 0 aromatic heterocycles. The summed E-state index contributed by atoms with van der Waals surface area (Å²) >= 11 is 0. The zero-order chi connectivity index (χ0) is 35.9. The summed E-state index contributed by atoms with van der Waals surface area (Å²) in [7, 11) is -21.7. The van der Waals surface area contributed by atoms with Gasteiger partial charge in [0.15, 0.2) is 5.43 Å². The number of ether oxygens (including phenoxy) is 2. The van der Waals surface area contributed by atoms with Gasteiger partial charge < -0.3 is 38.2 Å². The zero-order valence-corrected chi connectivity index (χ0v) is 29.3. The van der Waals surface area contributed by atoms with E-state index in [0.717, 1.165) is 17.2 Å². The third kappa shape index (κ3) is 9.33. The number of phosphoric ester groups is 2. The molecule has 2 aromatic carbocycles. The molecule has 5 N–H and O–H groups in total. The summed E-state index contributed by atoms with van der Waals surface area (Å²) in [6.07, 6.45) is -2.41. The van der Waals surface area contributed by atoms with Crippen LogP contribution in [0.2, 0.25) is 0 Å². The Morgan fingerprint density at radius 2 is 1.45 bits per heavy atom. The molecule has 1 aliphatic carbocycles. The number of methoxy groups -OCH3 is 1. The second-order valence-corrected chi connectivity index (χ2v) is 16.9. The van der Waals surface area contributed by atoms with Crippen LogP contribution in [-0.4, -0.2) is 56.7 Å². The first kappa shape index (κ1) is 37.5. The smallest absolute Gasteiger partial charge is 0.497 e. The largest absolute Gasteiger partial charge is 0.536 e. The average molecular weight is 766 g/mol. The van der Waals surface area contributed by atoms with Gasteiger partial charge in [-0.2, -0.15) is 12.9 Å². The molecular weight excluding hydrogens is 736 g/mol. The molecule has 5 rings (SSSR count). The van der Waals surface area contributed by atoms with Crippen molar-refractivity contribution in [1.29, 1.82) is 0 Å². The van der Waals surface area contributed by atoms with Gasteiger partial charge in [0.2, 0.25) is 0 Å². The number of phosphoric acid groups is 4. The Hall–Kier alpha value is -2.75. The van der Waals surface area contributed by atoms with Crippen LogP contribution in [0.15, 0.2) is 63.8 Å². The van der Waals surface area contributed by atoms with Crippen molar-refractivity contribution < 1.29 is 78.8 Å². The first-order chi connectivity index (χ1) is 22.8. The number of aliphatic hydroxyl groups is 1. The second kappa shape index (κ2) is 14.1. The van der Waals surface area contributed by atoms with Crippen LogP contribution in [0.25, 0.3) is 33.4 Å². The minimum Gasteiger partial charge on any atom is -0.497 e. The summed E-state index contributed by atoms with van der Waals surface area (Å²) in [5, 5.41) is 10.3. The Balaban J connectivity index is 1.34. The summed E-state index contributed by atoms with van der Waals surface area (Å²) < 4.78 is 87.2. The fraction of sp³-hybridized carbons (Fsp3) is 0.296. The molecule has 2 aliphatic heterocycles. The van der Waals surface area contributed by atoms with Crippen molar-refractivity contribution in [2.24, 2.45) is 0 Å². The molecule has 5 unspecified atom stereocenters. The molecule has 49 heavy (non-hydrogen) atoms. The maximum absolute atomic E-state index is 12.7. The molecule has 2 aromatic rings. The molecule has 266 valence electrons. The Morgan fingerprint density at radius 3 is 2.08 bits per heavy atom. The molecule has 0 saturated carbocycles. The summed E-state index contributed by atoms with van der Waals surface area (Å²) in [6.45, 7) is 2.67. The second-order valence-electron chi connectivity index (χ2n) is 10.8. The molecular formula is C27H30O18P4. The number of rotatable bonds is 13. The molecule has 18 nitrogen and oxygen atoms in total. The first-order valence-electron chi connectivity index (χ1n) is 14.0.